The molecule has 0 bridgehead atoms. The number of rotatable bonds is 3. The van der Waals surface area contributed by atoms with Gasteiger partial charge in [-0.3, -0.25) is 9.59 Å². The number of carbonyl (C=O) groups is 2. The standard InChI is InChI=1S/C26H20FNO2/c27-19-11-13-20(14-12-19)28-25(29)23-21(17-7-3-1-4-8-17)15-16-22(24(23)26(28)30)18-9-5-2-6-10-18/h1-16,21-24H/t21-,22-,23+,24+/m1/s1. The predicted molar refractivity (Wildman–Crippen MR) is 113 cm³/mol. The first-order chi connectivity index (χ1) is 14.6. The summed E-state index contributed by atoms with van der Waals surface area (Å²) in [4.78, 5) is 28.4. The lowest BCUT2D eigenvalue weighted by molar-refractivity contribution is -0.122. The second-order valence-corrected chi connectivity index (χ2v) is 7.80. The Balaban J connectivity index is 1.63. The molecule has 2 aliphatic rings. The van der Waals surface area contributed by atoms with Gasteiger partial charge in [0.1, 0.15) is 5.82 Å². The molecular weight excluding hydrogens is 377 g/mol. The third-order valence-corrected chi connectivity index (χ3v) is 6.15. The van der Waals surface area contributed by atoms with E-state index in [9.17, 15) is 14.0 Å². The van der Waals surface area contributed by atoms with Gasteiger partial charge in [0, 0.05) is 11.8 Å². The van der Waals surface area contributed by atoms with Crippen LogP contribution >= 0.6 is 0 Å². The van der Waals surface area contributed by atoms with Crippen LogP contribution in [0.25, 0.3) is 0 Å². The van der Waals surface area contributed by atoms with Gasteiger partial charge >= 0.3 is 0 Å². The highest BCUT2D eigenvalue weighted by Crippen LogP contribution is 2.50. The summed E-state index contributed by atoms with van der Waals surface area (Å²) in [5, 5.41) is 0. The molecule has 1 saturated heterocycles. The minimum atomic E-state index is -0.500. The molecule has 30 heavy (non-hydrogen) atoms. The van der Waals surface area contributed by atoms with E-state index in [0.29, 0.717) is 5.69 Å². The van der Waals surface area contributed by atoms with Crippen LogP contribution in [0, 0.1) is 17.7 Å². The van der Waals surface area contributed by atoms with Gasteiger partial charge in [0.05, 0.1) is 17.5 Å². The van der Waals surface area contributed by atoms with E-state index in [1.807, 2.05) is 60.7 Å². The molecule has 0 N–H and O–H groups in total. The number of nitrogens with zero attached hydrogens (tertiary/aromatic N) is 1. The molecule has 0 radical (unpaired) electrons. The van der Waals surface area contributed by atoms with E-state index < -0.39 is 17.7 Å². The van der Waals surface area contributed by atoms with Crippen LogP contribution in [-0.2, 0) is 9.59 Å². The molecule has 4 heteroatoms. The Morgan fingerprint density at radius 1 is 0.600 bits per heavy atom. The number of imide groups is 1. The molecule has 0 aromatic heterocycles. The van der Waals surface area contributed by atoms with E-state index in [1.54, 1.807) is 0 Å². The zero-order chi connectivity index (χ0) is 20.7. The number of halogens is 1. The number of hydrogen-bond donors (Lipinski definition) is 0. The maximum absolute atomic E-state index is 13.6. The van der Waals surface area contributed by atoms with Crippen molar-refractivity contribution in [3.8, 4) is 0 Å². The quantitative estimate of drug-likeness (QED) is 0.457. The summed E-state index contributed by atoms with van der Waals surface area (Å²) in [6, 6.07) is 25.2. The van der Waals surface area contributed by atoms with Gasteiger partial charge in [-0.15, -0.1) is 0 Å². The van der Waals surface area contributed by atoms with Crippen molar-refractivity contribution >= 4 is 17.5 Å². The molecule has 3 nitrogen and oxygen atoms in total. The Kier molecular flexibility index (Phi) is 4.55. The average Bonchev–Trinajstić information content (AvgIpc) is 3.06. The molecule has 1 heterocycles. The third-order valence-electron chi connectivity index (χ3n) is 6.15. The highest BCUT2D eigenvalue weighted by Gasteiger charge is 2.55. The predicted octanol–water partition coefficient (Wildman–Crippen LogP) is 5.07. The summed E-state index contributed by atoms with van der Waals surface area (Å²) >= 11 is 0. The van der Waals surface area contributed by atoms with E-state index in [4.69, 9.17) is 0 Å². The molecule has 3 aromatic carbocycles. The number of benzene rings is 3. The molecular formula is C26H20FNO2. The molecule has 1 aliphatic heterocycles. The van der Waals surface area contributed by atoms with Crippen molar-refractivity contribution in [3.05, 3.63) is 114 Å². The lowest BCUT2D eigenvalue weighted by Crippen LogP contribution is -2.31. The Bertz CT molecular complexity index is 1040. The SMILES string of the molecule is O=C1[C@@H]2[C@@H](C(=O)N1c1ccc(F)cc1)[C@@H](c1ccccc1)C=C[C@@H]2c1ccccc1. The van der Waals surface area contributed by atoms with Crippen LogP contribution in [0.4, 0.5) is 10.1 Å². The van der Waals surface area contributed by atoms with Crippen LogP contribution in [0.1, 0.15) is 23.0 Å². The van der Waals surface area contributed by atoms with Gasteiger partial charge in [0.25, 0.3) is 0 Å². The van der Waals surface area contributed by atoms with Crippen molar-refractivity contribution in [3.63, 3.8) is 0 Å². The maximum Gasteiger partial charge on any atom is 0.238 e. The minimum Gasteiger partial charge on any atom is -0.274 e. The van der Waals surface area contributed by atoms with Crippen molar-refractivity contribution in [1.29, 1.82) is 0 Å². The normalized spacial score (nSPS) is 25.4. The van der Waals surface area contributed by atoms with E-state index in [2.05, 4.69) is 12.2 Å². The summed E-state index contributed by atoms with van der Waals surface area (Å²) in [6.45, 7) is 0. The number of allylic oxidation sites excluding steroid dienone is 2. The molecule has 148 valence electrons. The summed E-state index contributed by atoms with van der Waals surface area (Å²) in [7, 11) is 0. The molecule has 1 aliphatic carbocycles. The van der Waals surface area contributed by atoms with E-state index in [-0.39, 0.29) is 23.7 Å². The lowest BCUT2D eigenvalue weighted by atomic mass is 9.68. The zero-order valence-electron chi connectivity index (χ0n) is 16.2. The Labute approximate surface area is 174 Å². The summed E-state index contributed by atoms with van der Waals surface area (Å²) in [6.07, 6.45) is 4.13. The molecule has 4 atom stereocenters. The Morgan fingerprint density at radius 2 is 1.03 bits per heavy atom. The largest absolute Gasteiger partial charge is 0.274 e. The molecule has 3 aromatic rings. The topological polar surface area (TPSA) is 37.4 Å². The summed E-state index contributed by atoms with van der Waals surface area (Å²) in [5.41, 5.74) is 2.44. The van der Waals surface area contributed by atoms with Crippen LogP contribution in [0.5, 0.6) is 0 Å². The number of hydrogen-bond acceptors (Lipinski definition) is 2. The fourth-order valence-corrected chi connectivity index (χ4v) is 4.78. The lowest BCUT2D eigenvalue weighted by Gasteiger charge is -2.32. The van der Waals surface area contributed by atoms with E-state index >= 15 is 0 Å². The number of carbonyl (C=O) groups excluding carboxylic acids is 2. The van der Waals surface area contributed by atoms with Crippen molar-refractivity contribution < 1.29 is 14.0 Å². The molecule has 0 saturated carbocycles. The van der Waals surface area contributed by atoms with Crippen molar-refractivity contribution in [1.82, 2.24) is 0 Å². The van der Waals surface area contributed by atoms with Gasteiger partial charge in [0.15, 0.2) is 0 Å². The van der Waals surface area contributed by atoms with Crippen molar-refractivity contribution in [2.24, 2.45) is 11.8 Å². The molecule has 0 spiro atoms. The monoisotopic (exact) mass is 397 g/mol. The molecule has 1 fully saturated rings. The maximum atomic E-state index is 13.6. The zero-order valence-corrected chi connectivity index (χ0v) is 16.2. The van der Waals surface area contributed by atoms with Crippen LogP contribution in [0.15, 0.2) is 97.1 Å². The van der Waals surface area contributed by atoms with Crippen LogP contribution in [-0.4, -0.2) is 11.8 Å². The second kappa shape index (κ2) is 7.38. The molecule has 5 rings (SSSR count). The number of anilines is 1. The van der Waals surface area contributed by atoms with Crippen LogP contribution in [0.3, 0.4) is 0 Å². The number of amides is 2. The van der Waals surface area contributed by atoms with Gasteiger partial charge in [0.2, 0.25) is 11.8 Å². The van der Waals surface area contributed by atoms with Crippen molar-refractivity contribution in [2.45, 2.75) is 11.8 Å². The van der Waals surface area contributed by atoms with Crippen LogP contribution < -0.4 is 4.90 Å². The molecule has 2 amide bonds. The van der Waals surface area contributed by atoms with Gasteiger partial charge in [-0.05, 0) is 35.4 Å². The minimum absolute atomic E-state index is 0.182. The first-order valence-electron chi connectivity index (χ1n) is 10.1. The summed E-state index contributed by atoms with van der Waals surface area (Å²) < 4.78 is 13.4. The smallest absolute Gasteiger partial charge is 0.238 e. The van der Waals surface area contributed by atoms with Gasteiger partial charge in [-0.2, -0.15) is 0 Å². The Morgan fingerprint density at radius 3 is 1.47 bits per heavy atom. The first kappa shape index (κ1) is 18.5. The van der Waals surface area contributed by atoms with Gasteiger partial charge < -0.3 is 0 Å². The summed E-state index contributed by atoms with van der Waals surface area (Å²) in [5.74, 6) is -2.22. The van der Waals surface area contributed by atoms with Gasteiger partial charge in [-0.1, -0.05) is 72.8 Å². The van der Waals surface area contributed by atoms with E-state index in [1.165, 1.54) is 29.2 Å². The van der Waals surface area contributed by atoms with E-state index in [0.717, 1.165) is 11.1 Å². The highest BCUT2D eigenvalue weighted by molar-refractivity contribution is 6.22. The molecule has 0 unspecified atom stereocenters. The fourth-order valence-electron chi connectivity index (χ4n) is 4.78. The van der Waals surface area contributed by atoms with Crippen molar-refractivity contribution in [2.75, 3.05) is 4.90 Å². The first-order valence-corrected chi connectivity index (χ1v) is 10.1. The average molecular weight is 397 g/mol. The third kappa shape index (κ3) is 2.96. The highest BCUT2D eigenvalue weighted by atomic mass is 19.1. The fraction of sp³-hybridized carbons (Fsp3) is 0.154. The second-order valence-electron chi connectivity index (χ2n) is 7.80. The van der Waals surface area contributed by atoms with Crippen LogP contribution in [0.2, 0.25) is 0 Å². The Hall–Kier alpha value is -3.53. The van der Waals surface area contributed by atoms with Gasteiger partial charge in [-0.25, -0.2) is 9.29 Å². The number of fused-ring (bicyclic) bond motifs is 1.